The Morgan fingerprint density at radius 3 is 2.61 bits per heavy atom. The molecule has 2 fully saturated rings. The molecule has 0 aromatic heterocycles. The van der Waals surface area contributed by atoms with Gasteiger partial charge in [-0.3, -0.25) is 0 Å². The lowest BCUT2D eigenvalue weighted by Crippen LogP contribution is -2.40. The fraction of sp³-hybridized carbons (Fsp3) is 1.00. The molecule has 1 heterocycles. The van der Waals surface area contributed by atoms with Crippen LogP contribution >= 0.6 is 0 Å². The van der Waals surface area contributed by atoms with Crippen LogP contribution in [-0.2, 0) is 9.47 Å². The van der Waals surface area contributed by atoms with Crippen LogP contribution in [0.2, 0.25) is 0 Å². The lowest BCUT2D eigenvalue weighted by molar-refractivity contribution is -0.164. The Hall–Kier alpha value is -0.160. The predicted octanol–water partition coefficient (Wildman–Crippen LogP) is 1.73. The van der Waals surface area contributed by atoms with E-state index in [1.54, 1.807) is 0 Å². The molecule has 2 N–H and O–H groups in total. The van der Waals surface area contributed by atoms with Gasteiger partial charge < -0.3 is 20.1 Å². The minimum atomic E-state index is 0.0481. The minimum absolute atomic E-state index is 0.0481. The average molecular weight is 256 g/mol. The van der Waals surface area contributed by atoms with Gasteiger partial charge >= 0.3 is 0 Å². The summed E-state index contributed by atoms with van der Waals surface area (Å²) in [6, 6.07) is 1.13. The fourth-order valence-electron chi connectivity index (χ4n) is 2.90. The molecule has 1 aliphatic carbocycles. The monoisotopic (exact) mass is 256 g/mol. The zero-order valence-corrected chi connectivity index (χ0v) is 11.6. The maximum Gasteiger partial charge on any atom is 0.157 e. The van der Waals surface area contributed by atoms with Gasteiger partial charge in [-0.1, -0.05) is 0 Å². The lowest BCUT2D eigenvalue weighted by Gasteiger charge is -2.33. The third-order valence-electron chi connectivity index (χ3n) is 4.25. The first-order valence-electron chi connectivity index (χ1n) is 7.44. The van der Waals surface area contributed by atoms with E-state index in [-0.39, 0.29) is 6.29 Å². The largest absolute Gasteiger partial charge is 0.353 e. The summed E-state index contributed by atoms with van der Waals surface area (Å²) < 4.78 is 11.3. The second-order valence-corrected chi connectivity index (χ2v) is 5.72. The summed E-state index contributed by atoms with van der Waals surface area (Å²) in [5.41, 5.74) is 5.93. The van der Waals surface area contributed by atoms with Crippen molar-refractivity contribution in [1.82, 2.24) is 4.90 Å². The number of nitrogens with zero attached hydrogens (tertiary/aromatic N) is 1. The van der Waals surface area contributed by atoms with Crippen molar-refractivity contribution >= 4 is 0 Å². The van der Waals surface area contributed by atoms with E-state index in [0.717, 1.165) is 26.2 Å². The zero-order chi connectivity index (χ0) is 12.8. The Labute approximate surface area is 111 Å². The van der Waals surface area contributed by atoms with Crippen molar-refractivity contribution in [2.45, 2.75) is 63.3 Å². The molecule has 0 radical (unpaired) electrons. The highest BCUT2D eigenvalue weighted by atomic mass is 16.7. The molecule has 4 nitrogen and oxygen atoms in total. The Kier molecular flexibility index (Phi) is 5.89. The van der Waals surface area contributed by atoms with Crippen LogP contribution in [-0.4, -0.2) is 50.1 Å². The molecule has 4 heteroatoms. The van der Waals surface area contributed by atoms with Gasteiger partial charge in [0.15, 0.2) is 6.29 Å². The summed E-state index contributed by atoms with van der Waals surface area (Å²) in [4.78, 5) is 2.43. The average Bonchev–Trinajstić information content (AvgIpc) is 2.40. The van der Waals surface area contributed by atoms with E-state index in [4.69, 9.17) is 15.2 Å². The highest BCUT2D eigenvalue weighted by Gasteiger charge is 2.22. The van der Waals surface area contributed by atoms with Gasteiger partial charge in [-0.15, -0.1) is 0 Å². The molecule has 0 spiro atoms. The van der Waals surface area contributed by atoms with Crippen molar-refractivity contribution in [1.29, 1.82) is 0 Å². The third-order valence-corrected chi connectivity index (χ3v) is 4.25. The van der Waals surface area contributed by atoms with E-state index < -0.39 is 0 Å². The number of hydrogen-bond acceptors (Lipinski definition) is 4. The molecule has 1 aliphatic heterocycles. The van der Waals surface area contributed by atoms with Crippen molar-refractivity contribution in [3.05, 3.63) is 0 Å². The maximum atomic E-state index is 5.93. The highest BCUT2D eigenvalue weighted by molar-refractivity contribution is 4.79. The predicted molar refractivity (Wildman–Crippen MR) is 72.4 cm³/mol. The van der Waals surface area contributed by atoms with Gasteiger partial charge in [-0.05, 0) is 52.0 Å². The Balaban J connectivity index is 1.57. The van der Waals surface area contributed by atoms with Gasteiger partial charge in [0.2, 0.25) is 0 Å². The molecule has 2 rings (SSSR count). The van der Waals surface area contributed by atoms with Crippen molar-refractivity contribution < 1.29 is 9.47 Å². The van der Waals surface area contributed by atoms with Gasteiger partial charge in [-0.25, -0.2) is 0 Å². The van der Waals surface area contributed by atoms with Crippen molar-refractivity contribution in [2.75, 3.05) is 26.8 Å². The van der Waals surface area contributed by atoms with Gasteiger partial charge in [0, 0.05) is 25.2 Å². The summed E-state index contributed by atoms with van der Waals surface area (Å²) >= 11 is 0. The third kappa shape index (κ3) is 4.50. The van der Waals surface area contributed by atoms with Gasteiger partial charge in [0.05, 0.1) is 6.61 Å². The molecule has 0 bridgehead atoms. The summed E-state index contributed by atoms with van der Waals surface area (Å²) in [6.07, 6.45) is 8.33. The van der Waals surface area contributed by atoms with Gasteiger partial charge in [-0.2, -0.15) is 0 Å². The number of likely N-dealkylation sites (N-methyl/N-ethyl adjacent to an activating group) is 1. The summed E-state index contributed by atoms with van der Waals surface area (Å²) in [5, 5.41) is 0. The molecule has 0 aromatic carbocycles. The number of nitrogens with two attached hydrogens (primary N) is 1. The van der Waals surface area contributed by atoms with Gasteiger partial charge in [0.1, 0.15) is 0 Å². The second kappa shape index (κ2) is 7.43. The molecular formula is C14H28N2O2. The smallest absolute Gasteiger partial charge is 0.157 e. The zero-order valence-electron chi connectivity index (χ0n) is 11.6. The van der Waals surface area contributed by atoms with Crippen LogP contribution in [0.4, 0.5) is 0 Å². The maximum absolute atomic E-state index is 5.93. The quantitative estimate of drug-likeness (QED) is 0.814. The van der Waals surface area contributed by atoms with Crippen LogP contribution in [0.3, 0.4) is 0 Å². The SMILES string of the molecule is CN(CCOC1CCCCO1)C1CCC(N)CC1. The van der Waals surface area contributed by atoms with Crippen LogP contribution in [0.1, 0.15) is 44.9 Å². The highest BCUT2D eigenvalue weighted by Crippen LogP contribution is 2.21. The standard InChI is InChI=1S/C14H28N2O2/c1-16(13-7-5-12(15)6-8-13)9-11-18-14-4-2-3-10-17-14/h12-14H,2-11,15H2,1H3. The topological polar surface area (TPSA) is 47.7 Å². The summed E-state index contributed by atoms with van der Waals surface area (Å²) in [7, 11) is 2.20. The Bertz CT molecular complexity index is 224. The Morgan fingerprint density at radius 1 is 1.17 bits per heavy atom. The first kappa shape index (κ1) is 14.3. The van der Waals surface area contributed by atoms with Crippen molar-refractivity contribution in [2.24, 2.45) is 5.73 Å². The van der Waals surface area contributed by atoms with Crippen LogP contribution in [0.25, 0.3) is 0 Å². The number of rotatable bonds is 5. The number of hydrogen-bond donors (Lipinski definition) is 1. The number of ether oxygens (including phenoxy) is 2. The molecule has 0 aromatic rings. The van der Waals surface area contributed by atoms with Crippen LogP contribution < -0.4 is 5.73 Å². The van der Waals surface area contributed by atoms with E-state index >= 15 is 0 Å². The molecular weight excluding hydrogens is 228 g/mol. The van der Waals surface area contributed by atoms with E-state index in [9.17, 15) is 0 Å². The molecule has 18 heavy (non-hydrogen) atoms. The first-order valence-corrected chi connectivity index (χ1v) is 7.44. The van der Waals surface area contributed by atoms with Crippen molar-refractivity contribution in [3.8, 4) is 0 Å². The van der Waals surface area contributed by atoms with Crippen LogP contribution in [0.15, 0.2) is 0 Å². The van der Waals surface area contributed by atoms with Gasteiger partial charge in [0.25, 0.3) is 0 Å². The van der Waals surface area contributed by atoms with Crippen LogP contribution in [0, 0.1) is 0 Å². The molecule has 106 valence electrons. The normalized spacial score (nSPS) is 33.8. The fourth-order valence-corrected chi connectivity index (χ4v) is 2.90. The molecule has 1 unspecified atom stereocenters. The molecule has 2 aliphatic rings. The molecule has 0 amide bonds. The lowest BCUT2D eigenvalue weighted by atomic mass is 9.91. The van der Waals surface area contributed by atoms with E-state index in [2.05, 4.69) is 11.9 Å². The summed E-state index contributed by atoms with van der Waals surface area (Å²) in [5.74, 6) is 0. The minimum Gasteiger partial charge on any atom is -0.353 e. The molecule has 1 saturated carbocycles. The summed E-state index contributed by atoms with van der Waals surface area (Å²) in [6.45, 7) is 2.64. The molecule has 1 saturated heterocycles. The first-order chi connectivity index (χ1) is 8.75. The second-order valence-electron chi connectivity index (χ2n) is 5.72. The Morgan fingerprint density at radius 2 is 1.94 bits per heavy atom. The molecule has 1 atom stereocenters. The van der Waals surface area contributed by atoms with Crippen LogP contribution in [0.5, 0.6) is 0 Å². The van der Waals surface area contributed by atoms with E-state index in [0.29, 0.717) is 12.1 Å². The van der Waals surface area contributed by atoms with E-state index in [1.807, 2.05) is 0 Å². The van der Waals surface area contributed by atoms with Crippen molar-refractivity contribution in [3.63, 3.8) is 0 Å². The van der Waals surface area contributed by atoms with E-state index in [1.165, 1.54) is 38.5 Å².